The Hall–Kier alpha value is -3.22. The van der Waals surface area contributed by atoms with Crippen LogP contribution in [-0.4, -0.2) is 49.2 Å². The van der Waals surface area contributed by atoms with Gasteiger partial charge in [-0.15, -0.1) is 0 Å². The first-order chi connectivity index (χ1) is 12.6. The van der Waals surface area contributed by atoms with E-state index >= 15 is 0 Å². The molecule has 0 fully saturated rings. The number of hydrogen-bond acceptors (Lipinski definition) is 5. The predicted octanol–water partition coefficient (Wildman–Crippen LogP) is 2.86. The van der Waals surface area contributed by atoms with E-state index in [1.807, 2.05) is 12.1 Å². The molecule has 0 spiro atoms. The first kappa shape index (κ1) is 17.6. The minimum absolute atomic E-state index is 0.145. The number of hydrogen-bond donors (Lipinski definition) is 1. The van der Waals surface area contributed by atoms with E-state index in [-0.39, 0.29) is 5.91 Å². The van der Waals surface area contributed by atoms with Gasteiger partial charge in [-0.3, -0.25) is 9.78 Å². The van der Waals surface area contributed by atoms with E-state index in [4.69, 9.17) is 14.2 Å². The van der Waals surface area contributed by atoms with Crippen LogP contribution in [0.5, 0.6) is 17.2 Å². The third kappa shape index (κ3) is 3.15. The lowest BCUT2D eigenvalue weighted by Crippen LogP contribution is -2.26. The van der Waals surface area contributed by atoms with E-state index in [0.717, 1.165) is 10.9 Å². The normalized spacial score (nSPS) is 10.6. The second kappa shape index (κ2) is 7.35. The van der Waals surface area contributed by atoms with Gasteiger partial charge in [-0.2, -0.15) is 0 Å². The number of aromatic amines is 1. The number of rotatable bonds is 6. The molecule has 2 heterocycles. The monoisotopic (exact) mass is 355 g/mol. The molecule has 7 heteroatoms. The first-order valence-corrected chi connectivity index (χ1v) is 8.05. The van der Waals surface area contributed by atoms with Gasteiger partial charge in [0.1, 0.15) is 11.4 Å². The van der Waals surface area contributed by atoms with Crippen molar-refractivity contribution in [2.75, 3.05) is 28.4 Å². The molecule has 0 unspecified atom stereocenters. The van der Waals surface area contributed by atoms with Crippen LogP contribution in [0.1, 0.15) is 16.1 Å². The first-order valence-electron chi connectivity index (χ1n) is 8.05. The number of pyridine rings is 1. The predicted molar refractivity (Wildman–Crippen MR) is 98.0 cm³/mol. The minimum atomic E-state index is -0.145. The van der Waals surface area contributed by atoms with Crippen LogP contribution in [0.2, 0.25) is 0 Å². The second-order valence-electron chi connectivity index (χ2n) is 5.81. The van der Waals surface area contributed by atoms with Crippen LogP contribution < -0.4 is 14.2 Å². The maximum absolute atomic E-state index is 12.8. The summed E-state index contributed by atoms with van der Waals surface area (Å²) in [6, 6.07) is 7.28. The summed E-state index contributed by atoms with van der Waals surface area (Å²) in [7, 11) is 6.43. The largest absolute Gasteiger partial charge is 0.496 e. The van der Waals surface area contributed by atoms with E-state index in [1.54, 1.807) is 57.8 Å². The maximum Gasteiger partial charge on any atom is 0.270 e. The Morgan fingerprint density at radius 1 is 1.15 bits per heavy atom. The van der Waals surface area contributed by atoms with Crippen molar-refractivity contribution >= 4 is 16.8 Å². The van der Waals surface area contributed by atoms with Crippen LogP contribution in [0, 0.1) is 0 Å². The van der Waals surface area contributed by atoms with Crippen LogP contribution in [0.15, 0.2) is 36.7 Å². The molecule has 0 aliphatic carbocycles. The number of carbonyl (C=O) groups is 1. The lowest BCUT2D eigenvalue weighted by molar-refractivity contribution is 0.0780. The Bertz CT molecular complexity index is 921. The van der Waals surface area contributed by atoms with E-state index in [2.05, 4.69) is 9.97 Å². The van der Waals surface area contributed by atoms with Gasteiger partial charge in [0.2, 0.25) is 0 Å². The van der Waals surface area contributed by atoms with Crippen LogP contribution in [0.3, 0.4) is 0 Å². The maximum atomic E-state index is 12.8. The molecular formula is C19H21N3O4. The number of benzene rings is 1. The smallest absolute Gasteiger partial charge is 0.270 e. The Labute approximate surface area is 151 Å². The molecular weight excluding hydrogens is 334 g/mol. The fourth-order valence-electron chi connectivity index (χ4n) is 2.89. The molecule has 1 N–H and O–H groups in total. The number of ether oxygens (including phenoxy) is 3. The third-order valence-electron chi connectivity index (χ3n) is 4.16. The molecule has 26 heavy (non-hydrogen) atoms. The standard InChI is InChI=1S/C19H21N3O4/c1-22(11-12-6-5-7-20-10-12)19(23)14-8-13-15(24-2)9-16(25-3)18(26-4)17(13)21-14/h5-10,21H,11H2,1-4H3. The minimum Gasteiger partial charge on any atom is -0.496 e. The molecule has 7 nitrogen and oxygen atoms in total. The number of aromatic nitrogens is 2. The van der Waals surface area contributed by atoms with Crippen molar-refractivity contribution in [2.24, 2.45) is 0 Å². The lowest BCUT2D eigenvalue weighted by atomic mass is 10.2. The van der Waals surface area contributed by atoms with Gasteiger partial charge in [0, 0.05) is 37.4 Å². The summed E-state index contributed by atoms with van der Waals surface area (Å²) in [4.78, 5) is 21.7. The SMILES string of the molecule is COc1cc(OC)c2cc(C(=O)N(C)Cc3cccnc3)[nH]c2c1OC. The molecule has 1 aromatic carbocycles. The number of carbonyl (C=O) groups excluding carboxylic acids is 1. The van der Waals surface area contributed by atoms with Gasteiger partial charge in [0.15, 0.2) is 11.5 Å². The highest BCUT2D eigenvalue weighted by Crippen LogP contribution is 2.41. The van der Waals surface area contributed by atoms with Crippen LogP contribution in [-0.2, 0) is 6.54 Å². The van der Waals surface area contributed by atoms with Crippen LogP contribution in [0.25, 0.3) is 10.9 Å². The molecule has 136 valence electrons. The number of amides is 1. The zero-order valence-corrected chi connectivity index (χ0v) is 15.2. The summed E-state index contributed by atoms with van der Waals surface area (Å²) in [6.45, 7) is 0.458. The Balaban J connectivity index is 1.98. The molecule has 0 aliphatic rings. The number of fused-ring (bicyclic) bond motifs is 1. The van der Waals surface area contributed by atoms with Crippen LogP contribution in [0.4, 0.5) is 0 Å². The zero-order chi connectivity index (χ0) is 18.7. The molecule has 3 aromatic rings. The van der Waals surface area contributed by atoms with E-state index in [0.29, 0.717) is 35.0 Å². The van der Waals surface area contributed by atoms with Crippen molar-refractivity contribution in [3.05, 3.63) is 47.9 Å². The van der Waals surface area contributed by atoms with Gasteiger partial charge in [0.05, 0.1) is 26.8 Å². The van der Waals surface area contributed by atoms with Crippen molar-refractivity contribution < 1.29 is 19.0 Å². The van der Waals surface area contributed by atoms with Crippen LogP contribution >= 0.6 is 0 Å². The fourth-order valence-corrected chi connectivity index (χ4v) is 2.89. The summed E-state index contributed by atoms with van der Waals surface area (Å²) < 4.78 is 16.2. The average molecular weight is 355 g/mol. The quantitative estimate of drug-likeness (QED) is 0.736. The Morgan fingerprint density at radius 2 is 1.92 bits per heavy atom. The van der Waals surface area contributed by atoms with Crippen molar-refractivity contribution in [1.82, 2.24) is 14.9 Å². The average Bonchev–Trinajstić information content (AvgIpc) is 3.11. The highest BCUT2D eigenvalue weighted by atomic mass is 16.5. The molecule has 0 saturated carbocycles. The number of methoxy groups -OCH3 is 3. The summed E-state index contributed by atoms with van der Waals surface area (Å²) in [5.41, 5.74) is 2.05. The molecule has 3 rings (SSSR count). The molecule has 2 aromatic heterocycles. The molecule has 0 atom stereocenters. The molecule has 1 amide bonds. The summed E-state index contributed by atoms with van der Waals surface area (Å²) >= 11 is 0. The number of nitrogens with zero attached hydrogens (tertiary/aromatic N) is 2. The Morgan fingerprint density at radius 3 is 2.54 bits per heavy atom. The summed E-state index contributed by atoms with van der Waals surface area (Å²) in [5.74, 6) is 1.51. The third-order valence-corrected chi connectivity index (χ3v) is 4.16. The van der Waals surface area contributed by atoms with Gasteiger partial charge in [-0.25, -0.2) is 0 Å². The number of H-pyrrole nitrogens is 1. The van der Waals surface area contributed by atoms with E-state index < -0.39 is 0 Å². The highest BCUT2D eigenvalue weighted by molar-refractivity contribution is 6.02. The fraction of sp³-hybridized carbons (Fsp3) is 0.263. The molecule has 0 aliphatic heterocycles. The highest BCUT2D eigenvalue weighted by Gasteiger charge is 2.21. The Kier molecular flexibility index (Phi) is 4.97. The molecule has 0 bridgehead atoms. The molecule has 0 saturated heterocycles. The second-order valence-corrected chi connectivity index (χ2v) is 5.81. The van der Waals surface area contributed by atoms with Crippen molar-refractivity contribution in [3.63, 3.8) is 0 Å². The van der Waals surface area contributed by atoms with Gasteiger partial charge in [-0.05, 0) is 17.7 Å². The van der Waals surface area contributed by atoms with E-state index in [1.165, 1.54) is 0 Å². The lowest BCUT2D eigenvalue weighted by Gasteiger charge is -2.16. The van der Waals surface area contributed by atoms with Gasteiger partial charge in [0.25, 0.3) is 5.91 Å². The molecule has 0 radical (unpaired) electrons. The van der Waals surface area contributed by atoms with Crippen molar-refractivity contribution in [1.29, 1.82) is 0 Å². The van der Waals surface area contributed by atoms with Crippen molar-refractivity contribution in [2.45, 2.75) is 6.54 Å². The van der Waals surface area contributed by atoms with Gasteiger partial charge in [-0.1, -0.05) is 6.07 Å². The van der Waals surface area contributed by atoms with Gasteiger partial charge < -0.3 is 24.1 Å². The van der Waals surface area contributed by atoms with Crippen molar-refractivity contribution in [3.8, 4) is 17.2 Å². The number of nitrogens with one attached hydrogen (secondary N) is 1. The van der Waals surface area contributed by atoms with Gasteiger partial charge >= 0.3 is 0 Å². The topological polar surface area (TPSA) is 76.7 Å². The summed E-state index contributed by atoms with van der Waals surface area (Å²) in [6.07, 6.45) is 3.45. The van der Waals surface area contributed by atoms with E-state index in [9.17, 15) is 4.79 Å². The summed E-state index contributed by atoms with van der Waals surface area (Å²) in [5, 5.41) is 0.753. The zero-order valence-electron chi connectivity index (χ0n) is 15.2.